The van der Waals surface area contributed by atoms with Crippen LogP contribution in [-0.4, -0.2) is 30.8 Å². The van der Waals surface area contributed by atoms with E-state index in [1.165, 1.54) is 4.90 Å². The topological polar surface area (TPSA) is 78.5 Å². The average Bonchev–Trinajstić information content (AvgIpc) is 3.23. The van der Waals surface area contributed by atoms with Crippen LogP contribution in [-0.2, 0) is 14.4 Å². The molecule has 1 aliphatic heterocycles. The largest absolute Gasteiger partial charge is 0.345 e. The lowest BCUT2D eigenvalue weighted by molar-refractivity contribution is -0.140. The van der Waals surface area contributed by atoms with Gasteiger partial charge in [0.25, 0.3) is 5.91 Å². The van der Waals surface area contributed by atoms with Crippen LogP contribution in [0.3, 0.4) is 0 Å². The van der Waals surface area contributed by atoms with Gasteiger partial charge in [-0.2, -0.15) is 0 Å². The Balaban J connectivity index is 1.75. The highest BCUT2D eigenvalue weighted by Gasteiger charge is 2.37. The fourth-order valence-electron chi connectivity index (χ4n) is 2.30. The first-order chi connectivity index (χ1) is 9.58. The summed E-state index contributed by atoms with van der Waals surface area (Å²) >= 11 is 0. The smallest absolute Gasteiger partial charge is 0.310 e. The number of amides is 3. The van der Waals surface area contributed by atoms with Gasteiger partial charge in [0.2, 0.25) is 0 Å². The Bertz CT molecular complexity index is 595. The van der Waals surface area contributed by atoms with Crippen LogP contribution >= 0.6 is 0 Å². The Morgan fingerprint density at radius 3 is 2.50 bits per heavy atom. The molecule has 0 bridgehead atoms. The molecule has 0 radical (unpaired) electrons. The molecule has 1 saturated carbocycles. The van der Waals surface area contributed by atoms with Crippen molar-refractivity contribution in [2.75, 3.05) is 11.9 Å². The van der Waals surface area contributed by atoms with Gasteiger partial charge in [0, 0.05) is 24.3 Å². The molecule has 6 nitrogen and oxygen atoms in total. The molecular weight excluding hydrogens is 258 g/mol. The van der Waals surface area contributed by atoms with Crippen LogP contribution in [0.4, 0.5) is 5.69 Å². The lowest BCUT2D eigenvalue weighted by Gasteiger charge is -2.12. The Labute approximate surface area is 116 Å². The summed E-state index contributed by atoms with van der Waals surface area (Å²) in [6.45, 7) is 0. The van der Waals surface area contributed by atoms with Crippen molar-refractivity contribution in [1.29, 1.82) is 0 Å². The average molecular weight is 273 g/mol. The van der Waals surface area contributed by atoms with Crippen LogP contribution in [0.5, 0.6) is 0 Å². The van der Waals surface area contributed by atoms with Gasteiger partial charge in [-0.25, -0.2) is 0 Å². The highest BCUT2D eigenvalue weighted by Crippen LogP contribution is 2.34. The summed E-state index contributed by atoms with van der Waals surface area (Å²) < 4.78 is 0. The first-order valence-corrected chi connectivity index (χ1v) is 6.56. The van der Waals surface area contributed by atoms with Crippen molar-refractivity contribution in [2.24, 2.45) is 0 Å². The van der Waals surface area contributed by atoms with Gasteiger partial charge in [-0.05, 0) is 18.9 Å². The van der Waals surface area contributed by atoms with Crippen LogP contribution in [0.15, 0.2) is 24.3 Å². The van der Waals surface area contributed by atoms with Gasteiger partial charge in [0.05, 0.1) is 0 Å². The molecule has 3 rings (SSSR count). The van der Waals surface area contributed by atoms with Gasteiger partial charge in [-0.15, -0.1) is 0 Å². The van der Waals surface area contributed by atoms with Crippen molar-refractivity contribution in [3.8, 4) is 0 Å². The van der Waals surface area contributed by atoms with E-state index in [2.05, 4.69) is 10.6 Å². The second-order valence-electron chi connectivity index (χ2n) is 5.11. The molecule has 1 aromatic rings. The number of benzene rings is 1. The number of fused-ring (bicyclic) bond motifs is 1. The van der Waals surface area contributed by atoms with Gasteiger partial charge in [0.1, 0.15) is 6.04 Å². The number of rotatable bonds is 2. The first-order valence-electron chi connectivity index (χ1n) is 6.56. The molecule has 0 saturated heterocycles. The molecule has 2 aliphatic rings. The van der Waals surface area contributed by atoms with Gasteiger partial charge in [-0.3, -0.25) is 14.4 Å². The van der Waals surface area contributed by atoms with Gasteiger partial charge < -0.3 is 15.5 Å². The van der Waals surface area contributed by atoms with E-state index in [0.29, 0.717) is 5.56 Å². The maximum absolute atomic E-state index is 12.1. The molecule has 1 atom stereocenters. The zero-order valence-electron chi connectivity index (χ0n) is 11.1. The quantitative estimate of drug-likeness (QED) is 0.750. The number of hydrogen-bond donors (Lipinski definition) is 2. The van der Waals surface area contributed by atoms with Crippen molar-refractivity contribution in [3.05, 3.63) is 29.8 Å². The molecule has 1 heterocycles. The number of anilines is 1. The van der Waals surface area contributed by atoms with Crippen molar-refractivity contribution >= 4 is 23.4 Å². The summed E-state index contributed by atoms with van der Waals surface area (Å²) in [6, 6.07) is 6.54. The van der Waals surface area contributed by atoms with Gasteiger partial charge >= 0.3 is 11.8 Å². The lowest BCUT2D eigenvalue weighted by Crippen LogP contribution is -2.44. The van der Waals surface area contributed by atoms with Crippen molar-refractivity contribution in [3.63, 3.8) is 0 Å². The molecule has 6 heteroatoms. The zero-order valence-corrected chi connectivity index (χ0v) is 11.1. The molecule has 1 aromatic carbocycles. The Kier molecular flexibility index (Phi) is 2.93. The molecule has 1 fully saturated rings. The molecule has 104 valence electrons. The van der Waals surface area contributed by atoms with Crippen LogP contribution in [0.25, 0.3) is 0 Å². The fourth-order valence-corrected chi connectivity index (χ4v) is 2.30. The molecule has 0 spiro atoms. The van der Waals surface area contributed by atoms with E-state index in [1.807, 2.05) is 12.1 Å². The number of carbonyl (C=O) groups is 3. The monoisotopic (exact) mass is 273 g/mol. The highest BCUT2D eigenvalue weighted by atomic mass is 16.2. The first kappa shape index (κ1) is 12.7. The molecule has 1 aliphatic carbocycles. The van der Waals surface area contributed by atoms with E-state index in [4.69, 9.17) is 0 Å². The maximum atomic E-state index is 12.1. The molecule has 3 amide bonds. The zero-order chi connectivity index (χ0) is 14.3. The van der Waals surface area contributed by atoms with E-state index in [-0.39, 0.29) is 11.9 Å². The summed E-state index contributed by atoms with van der Waals surface area (Å²) in [6.07, 6.45) is 1.82. The van der Waals surface area contributed by atoms with Crippen LogP contribution in [0.1, 0.15) is 24.4 Å². The molecule has 1 unspecified atom stereocenters. The van der Waals surface area contributed by atoms with Crippen LogP contribution < -0.4 is 15.5 Å². The van der Waals surface area contributed by atoms with Crippen molar-refractivity contribution in [1.82, 2.24) is 10.6 Å². The third kappa shape index (κ3) is 2.13. The molecular formula is C14H15N3O3. The number of nitrogens with one attached hydrogen (secondary N) is 2. The summed E-state index contributed by atoms with van der Waals surface area (Å²) in [7, 11) is 1.65. The van der Waals surface area contributed by atoms with E-state index in [1.54, 1.807) is 19.2 Å². The predicted molar refractivity (Wildman–Crippen MR) is 71.9 cm³/mol. The summed E-state index contributed by atoms with van der Waals surface area (Å²) in [5.41, 5.74) is 1.47. The summed E-state index contributed by atoms with van der Waals surface area (Å²) in [5.74, 6) is -1.67. The second kappa shape index (κ2) is 4.63. The van der Waals surface area contributed by atoms with Gasteiger partial charge in [-0.1, -0.05) is 18.2 Å². The lowest BCUT2D eigenvalue weighted by atomic mass is 10.1. The second-order valence-corrected chi connectivity index (χ2v) is 5.11. The highest BCUT2D eigenvalue weighted by molar-refractivity contribution is 6.35. The van der Waals surface area contributed by atoms with Crippen LogP contribution in [0, 0.1) is 0 Å². The minimum atomic E-state index is -0.784. The SMILES string of the molecule is CN1C(=O)C(NC(=O)C(=O)NC2CC2)c2ccccc21. The standard InChI is InChI=1S/C14H15N3O3/c1-17-10-5-3-2-4-9(10)11(14(17)20)16-13(19)12(18)15-8-6-7-8/h2-5,8,11H,6-7H2,1H3,(H,15,18)(H,16,19). The van der Waals surface area contributed by atoms with E-state index < -0.39 is 17.9 Å². The van der Waals surface area contributed by atoms with E-state index >= 15 is 0 Å². The van der Waals surface area contributed by atoms with Crippen LogP contribution in [0.2, 0.25) is 0 Å². The van der Waals surface area contributed by atoms with Crippen molar-refractivity contribution in [2.45, 2.75) is 24.9 Å². The Morgan fingerprint density at radius 1 is 1.15 bits per heavy atom. The number of likely N-dealkylation sites (N-methyl/N-ethyl adjacent to an activating group) is 1. The number of carbonyl (C=O) groups excluding carboxylic acids is 3. The number of hydrogen-bond acceptors (Lipinski definition) is 3. The third-order valence-electron chi connectivity index (χ3n) is 3.58. The van der Waals surface area contributed by atoms with Gasteiger partial charge in [0.15, 0.2) is 0 Å². The van der Waals surface area contributed by atoms with Crippen molar-refractivity contribution < 1.29 is 14.4 Å². The molecule has 2 N–H and O–H groups in total. The molecule has 0 aromatic heterocycles. The minimum absolute atomic E-state index is 0.113. The Morgan fingerprint density at radius 2 is 1.80 bits per heavy atom. The fraction of sp³-hybridized carbons (Fsp3) is 0.357. The summed E-state index contributed by atoms with van der Waals surface area (Å²) in [4.78, 5) is 37.1. The third-order valence-corrected chi connectivity index (χ3v) is 3.58. The normalized spacial score (nSPS) is 20.6. The predicted octanol–water partition coefficient (Wildman–Crippen LogP) is 0.0989. The number of nitrogens with zero attached hydrogens (tertiary/aromatic N) is 1. The number of para-hydroxylation sites is 1. The van der Waals surface area contributed by atoms with E-state index in [0.717, 1.165) is 18.5 Å². The minimum Gasteiger partial charge on any atom is -0.345 e. The molecule has 20 heavy (non-hydrogen) atoms. The van der Waals surface area contributed by atoms with E-state index in [9.17, 15) is 14.4 Å². The Hall–Kier alpha value is -2.37. The maximum Gasteiger partial charge on any atom is 0.310 e. The summed E-state index contributed by atoms with van der Waals surface area (Å²) in [5, 5.41) is 5.11.